The second-order valence-corrected chi connectivity index (χ2v) is 6.70. The first-order valence-electron chi connectivity index (χ1n) is 7.49. The first-order chi connectivity index (χ1) is 11.3. The molecule has 0 radical (unpaired) electrons. The minimum atomic E-state index is -0.491. The fourth-order valence-electron chi connectivity index (χ4n) is 2.28. The van der Waals surface area contributed by atoms with Crippen LogP contribution in [0.1, 0.15) is 23.0 Å². The third kappa shape index (κ3) is 4.46. The van der Waals surface area contributed by atoms with Crippen LogP contribution in [0.3, 0.4) is 0 Å². The molecule has 1 aromatic heterocycles. The number of benzene rings is 1. The van der Waals surface area contributed by atoms with Gasteiger partial charge in [0, 0.05) is 41.2 Å². The number of nitrogens with zero attached hydrogens (tertiary/aromatic N) is 2. The van der Waals surface area contributed by atoms with Gasteiger partial charge in [-0.25, -0.2) is 0 Å². The quantitative estimate of drug-likeness (QED) is 0.791. The van der Waals surface area contributed by atoms with Crippen molar-refractivity contribution in [2.24, 2.45) is 12.8 Å². The van der Waals surface area contributed by atoms with Crippen LogP contribution in [-0.4, -0.2) is 34.4 Å². The van der Waals surface area contributed by atoms with E-state index in [0.717, 1.165) is 10.2 Å². The van der Waals surface area contributed by atoms with Crippen molar-refractivity contribution in [3.8, 4) is 0 Å². The second-order valence-electron chi connectivity index (χ2n) is 5.78. The zero-order chi connectivity index (χ0) is 17.9. The third-order valence-electron chi connectivity index (χ3n) is 3.96. The Morgan fingerprint density at radius 3 is 2.46 bits per heavy atom. The molecular formula is C17H21BrN4O2. The van der Waals surface area contributed by atoms with Crippen LogP contribution in [0.5, 0.6) is 0 Å². The third-order valence-corrected chi connectivity index (χ3v) is 4.40. The second kappa shape index (κ2) is 7.63. The van der Waals surface area contributed by atoms with Crippen LogP contribution in [0.25, 0.3) is 0 Å². The maximum atomic E-state index is 12.4. The number of primary amides is 1. The molecule has 0 bridgehead atoms. The zero-order valence-corrected chi connectivity index (χ0v) is 15.5. The fraction of sp³-hybridized carbons (Fsp3) is 0.294. The van der Waals surface area contributed by atoms with E-state index >= 15 is 0 Å². The lowest BCUT2D eigenvalue weighted by Gasteiger charge is -2.24. The normalized spacial score (nSPS) is 12.2. The van der Waals surface area contributed by atoms with Crippen molar-refractivity contribution < 1.29 is 9.59 Å². The number of nitrogens with one attached hydrogen (secondary N) is 1. The van der Waals surface area contributed by atoms with Crippen LogP contribution in [-0.2, 0) is 18.4 Å². The Morgan fingerprint density at radius 2 is 1.96 bits per heavy atom. The number of nitrogens with two attached hydrogens (primary N) is 1. The van der Waals surface area contributed by atoms with E-state index in [1.807, 2.05) is 42.7 Å². The van der Waals surface area contributed by atoms with Crippen LogP contribution < -0.4 is 11.1 Å². The zero-order valence-electron chi connectivity index (χ0n) is 13.9. The van der Waals surface area contributed by atoms with Gasteiger partial charge in [0.25, 0.3) is 0 Å². The number of likely N-dealkylation sites (N-methyl/N-ethyl adjacent to an activating group) is 1. The Labute approximate surface area is 149 Å². The monoisotopic (exact) mass is 392 g/mol. The Hall–Kier alpha value is -2.12. The van der Waals surface area contributed by atoms with E-state index in [2.05, 4.69) is 21.2 Å². The topological polar surface area (TPSA) is 80.4 Å². The summed E-state index contributed by atoms with van der Waals surface area (Å²) >= 11 is 3.45. The standard InChI is InChI=1S/C17H21BrN4O2/c1-11(21(2)10-15-8-13(18)9-22(15)3)17(24)20-14-6-4-12(5-7-14)16(19)23/h4-9,11H,10H2,1-3H3,(H2,19,23)(H,20,24)/t11-/m1/s1. The van der Waals surface area contributed by atoms with Crippen LogP contribution in [0, 0.1) is 0 Å². The predicted octanol–water partition coefficient (Wildman–Crippen LogP) is 2.35. The molecule has 2 aromatic rings. The molecule has 0 unspecified atom stereocenters. The highest BCUT2D eigenvalue weighted by Gasteiger charge is 2.19. The lowest BCUT2D eigenvalue weighted by molar-refractivity contribution is -0.120. The van der Waals surface area contributed by atoms with Crippen LogP contribution in [0.15, 0.2) is 41.0 Å². The SMILES string of the molecule is C[C@H](C(=O)Nc1ccc(C(N)=O)cc1)N(C)Cc1cc(Br)cn1C. The summed E-state index contributed by atoms with van der Waals surface area (Å²) in [6.07, 6.45) is 1.98. The summed E-state index contributed by atoms with van der Waals surface area (Å²) in [6, 6.07) is 8.23. The van der Waals surface area contributed by atoms with Crippen LogP contribution in [0.4, 0.5) is 5.69 Å². The largest absolute Gasteiger partial charge is 0.366 e. The number of aromatic nitrogens is 1. The van der Waals surface area contributed by atoms with E-state index in [1.165, 1.54) is 0 Å². The summed E-state index contributed by atoms with van der Waals surface area (Å²) in [4.78, 5) is 25.4. The molecule has 0 spiro atoms. The Bertz CT molecular complexity index is 740. The molecular weight excluding hydrogens is 372 g/mol. The number of hydrogen-bond acceptors (Lipinski definition) is 3. The number of amides is 2. The van der Waals surface area contributed by atoms with E-state index in [9.17, 15) is 9.59 Å². The number of halogens is 1. The molecule has 3 N–H and O–H groups in total. The van der Waals surface area contributed by atoms with Gasteiger partial charge in [0.05, 0.1) is 6.04 Å². The Morgan fingerprint density at radius 1 is 1.33 bits per heavy atom. The van der Waals surface area contributed by atoms with Gasteiger partial charge in [-0.2, -0.15) is 0 Å². The Balaban J connectivity index is 1.98. The predicted molar refractivity (Wildman–Crippen MR) is 97.6 cm³/mol. The molecule has 24 heavy (non-hydrogen) atoms. The average molecular weight is 393 g/mol. The summed E-state index contributed by atoms with van der Waals surface area (Å²) in [5.41, 5.74) is 7.35. The molecule has 128 valence electrons. The summed E-state index contributed by atoms with van der Waals surface area (Å²) in [5, 5.41) is 2.85. The van der Waals surface area contributed by atoms with Crippen molar-refractivity contribution in [1.82, 2.24) is 9.47 Å². The molecule has 0 aliphatic heterocycles. The molecule has 0 aliphatic rings. The number of carbonyl (C=O) groups excluding carboxylic acids is 2. The van der Waals surface area contributed by atoms with Gasteiger partial charge < -0.3 is 15.6 Å². The number of anilines is 1. The van der Waals surface area contributed by atoms with Gasteiger partial charge >= 0.3 is 0 Å². The number of rotatable bonds is 6. The summed E-state index contributed by atoms with van der Waals surface area (Å²) in [6.45, 7) is 2.50. The highest BCUT2D eigenvalue weighted by atomic mass is 79.9. The van der Waals surface area contributed by atoms with Gasteiger partial charge in [0.2, 0.25) is 11.8 Å². The molecule has 7 heteroatoms. The van der Waals surface area contributed by atoms with Crippen molar-refractivity contribution in [2.45, 2.75) is 19.5 Å². The van der Waals surface area contributed by atoms with Gasteiger partial charge in [-0.15, -0.1) is 0 Å². The molecule has 1 atom stereocenters. The number of carbonyl (C=O) groups is 2. The maximum absolute atomic E-state index is 12.4. The van der Waals surface area contributed by atoms with Gasteiger partial charge in [-0.3, -0.25) is 14.5 Å². The van der Waals surface area contributed by atoms with Gasteiger partial charge in [-0.1, -0.05) is 0 Å². The lowest BCUT2D eigenvalue weighted by Crippen LogP contribution is -2.39. The summed E-state index contributed by atoms with van der Waals surface area (Å²) < 4.78 is 3.04. The maximum Gasteiger partial charge on any atom is 0.248 e. The van der Waals surface area contributed by atoms with Crippen molar-refractivity contribution in [3.63, 3.8) is 0 Å². The molecule has 0 saturated heterocycles. The molecule has 0 fully saturated rings. The van der Waals surface area contributed by atoms with Crippen molar-refractivity contribution >= 4 is 33.4 Å². The van der Waals surface area contributed by atoms with Crippen LogP contribution >= 0.6 is 15.9 Å². The first-order valence-corrected chi connectivity index (χ1v) is 8.29. The highest BCUT2D eigenvalue weighted by molar-refractivity contribution is 9.10. The molecule has 0 aliphatic carbocycles. The van der Waals surface area contributed by atoms with Crippen molar-refractivity contribution in [2.75, 3.05) is 12.4 Å². The van der Waals surface area contributed by atoms with E-state index in [1.54, 1.807) is 24.3 Å². The molecule has 0 saturated carbocycles. The average Bonchev–Trinajstić information content (AvgIpc) is 2.84. The van der Waals surface area contributed by atoms with E-state index in [-0.39, 0.29) is 11.9 Å². The molecule has 1 heterocycles. The van der Waals surface area contributed by atoms with Gasteiger partial charge in [0.15, 0.2) is 0 Å². The molecule has 6 nitrogen and oxygen atoms in total. The smallest absolute Gasteiger partial charge is 0.248 e. The molecule has 2 rings (SSSR count). The minimum Gasteiger partial charge on any atom is -0.366 e. The lowest BCUT2D eigenvalue weighted by atomic mass is 10.2. The van der Waals surface area contributed by atoms with Gasteiger partial charge in [-0.05, 0) is 60.2 Å². The number of hydrogen-bond donors (Lipinski definition) is 2. The van der Waals surface area contributed by atoms with E-state index in [0.29, 0.717) is 17.8 Å². The van der Waals surface area contributed by atoms with Crippen LogP contribution in [0.2, 0.25) is 0 Å². The van der Waals surface area contributed by atoms with E-state index in [4.69, 9.17) is 5.73 Å². The van der Waals surface area contributed by atoms with E-state index < -0.39 is 5.91 Å². The Kier molecular flexibility index (Phi) is 5.80. The summed E-state index contributed by atoms with van der Waals surface area (Å²) in [7, 11) is 3.88. The summed E-state index contributed by atoms with van der Waals surface area (Å²) in [5.74, 6) is -0.604. The minimum absolute atomic E-state index is 0.113. The number of aryl methyl sites for hydroxylation is 1. The highest BCUT2D eigenvalue weighted by Crippen LogP contribution is 2.16. The van der Waals surface area contributed by atoms with Crippen molar-refractivity contribution in [3.05, 3.63) is 52.3 Å². The van der Waals surface area contributed by atoms with Gasteiger partial charge in [0.1, 0.15) is 0 Å². The first kappa shape index (κ1) is 18.2. The molecule has 1 aromatic carbocycles. The van der Waals surface area contributed by atoms with Crippen molar-refractivity contribution in [1.29, 1.82) is 0 Å². The fourth-order valence-corrected chi connectivity index (χ4v) is 2.85. The molecule has 2 amide bonds.